The second-order valence-corrected chi connectivity index (χ2v) is 4.73. The van der Waals surface area contributed by atoms with Gasteiger partial charge in [0.05, 0.1) is 11.9 Å². The molecule has 15 heavy (non-hydrogen) atoms. The van der Waals surface area contributed by atoms with Crippen molar-refractivity contribution in [3.05, 3.63) is 23.5 Å². The zero-order chi connectivity index (χ0) is 10.4. The van der Waals surface area contributed by atoms with E-state index in [1.54, 1.807) is 0 Å². The Morgan fingerprint density at radius 1 is 1.40 bits per heavy atom. The van der Waals surface area contributed by atoms with Crippen LogP contribution in [0.4, 0.5) is 5.69 Å². The zero-order valence-electron chi connectivity index (χ0n) is 9.33. The minimum Gasteiger partial charge on any atom is -0.365 e. The fourth-order valence-corrected chi connectivity index (χ4v) is 2.60. The van der Waals surface area contributed by atoms with E-state index in [1.165, 1.54) is 24.3 Å². The Morgan fingerprint density at radius 3 is 3.00 bits per heavy atom. The smallest absolute Gasteiger partial charge is 0.0558 e. The summed E-state index contributed by atoms with van der Waals surface area (Å²) in [5.41, 5.74) is 3.73. The number of fused-ring (bicyclic) bond motifs is 1. The maximum atomic E-state index is 4.43. The van der Waals surface area contributed by atoms with Crippen LogP contribution < -0.4 is 10.2 Å². The molecule has 2 aliphatic heterocycles. The van der Waals surface area contributed by atoms with Gasteiger partial charge in [0.25, 0.3) is 0 Å². The molecule has 0 saturated carbocycles. The molecule has 2 saturated heterocycles. The maximum absolute atomic E-state index is 4.43. The van der Waals surface area contributed by atoms with E-state index in [0.717, 1.165) is 18.2 Å². The predicted molar refractivity (Wildman–Crippen MR) is 61.2 cm³/mol. The van der Waals surface area contributed by atoms with E-state index in [9.17, 15) is 0 Å². The summed E-state index contributed by atoms with van der Waals surface area (Å²) >= 11 is 0. The normalized spacial score (nSPS) is 28.8. The van der Waals surface area contributed by atoms with E-state index in [1.807, 2.05) is 6.20 Å². The molecule has 3 rings (SSSR count). The Morgan fingerprint density at radius 2 is 2.27 bits per heavy atom. The van der Waals surface area contributed by atoms with Crippen LogP contribution in [0.1, 0.15) is 11.3 Å². The highest BCUT2D eigenvalue weighted by molar-refractivity contribution is 5.52. The molecule has 0 aliphatic carbocycles. The molecule has 1 aromatic heterocycles. The minimum absolute atomic E-state index is 0.717. The number of aromatic nitrogens is 1. The molecular formula is C12H17N3. The van der Waals surface area contributed by atoms with E-state index in [-0.39, 0.29) is 0 Å². The van der Waals surface area contributed by atoms with Crippen molar-refractivity contribution >= 4 is 5.69 Å². The number of pyridine rings is 1. The predicted octanol–water partition coefficient (Wildman–Crippen LogP) is 1.11. The van der Waals surface area contributed by atoms with Crippen molar-refractivity contribution in [1.82, 2.24) is 10.3 Å². The van der Waals surface area contributed by atoms with Crippen LogP contribution in [0.5, 0.6) is 0 Å². The fraction of sp³-hybridized carbons (Fsp3) is 0.583. The van der Waals surface area contributed by atoms with Crippen LogP contribution in [-0.2, 0) is 0 Å². The van der Waals surface area contributed by atoms with E-state index in [2.05, 4.69) is 35.1 Å². The first kappa shape index (κ1) is 9.16. The highest BCUT2D eigenvalue weighted by atomic mass is 15.3. The van der Waals surface area contributed by atoms with Gasteiger partial charge in [0.1, 0.15) is 0 Å². The van der Waals surface area contributed by atoms with Gasteiger partial charge in [-0.2, -0.15) is 0 Å². The molecule has 0 radical (unpaired) electrons. The third-order valence-corrected chi connectivity index (χ3v) is 3.79. The molecular weight excluding hydrogens is 186 g/mol. The van der Waals surface area contributed by atoms with Crippen LogP contribution in [0.15, 0.2) is 12.3 Å². The van der Waals surface area contributed by atoms with Gasteiger partial charge in [-0.1, -0.05) is 0 Å². The average molecular weight is 203 g/mol. The molecule has 0 aromatic carbocycles. The first-order valence-electron chi connectivity index (χ1n) is 5.66. The topological polar surface area (TPSA) is 28.2 Å². The average Bonchev–Trinajstić information content (AvgIpc) is 2.54. The summed E-state index contributed by atoms with van der Waals surface area (Å²) in [6, 6.07) is 2.98. The lowest BCUT2D eigenvalue weighted by Gasteiger charge is -2.45. The second kappa shape index (κ2) is 3.20. The highest BCUT2D eigenvalue weighted by Gasteiger charge is 2.42. The van der Waals surface area contributed by atoms with Crippen LogP contribution in [0.3, 0.4) is 0 Å². The largest absolute Gasteiger partial charge is 0.365 e. The quantitative estimate of drug-likeness (QED) is 0.741. The van der Waals surface area contributed by atoms with Gasteiger partial charge >= 0.3 is 0 Å². The molecule has 0 unspecified atom stereocenters. The Bertz CT molecular complexity index is 388. The third kappa shape index (κ3) is 1.34. The summed E-state index contributed by atoms with van der Waals surface area (Å²) in [5, 5.41) is 3.45. The molecule has 0 bridgehead atoms. The van der Waals surface area contributed by atoms with Gasteiger partial charge in [0, 0.05) is 37.3 Å². The number of nitrogens with one attached hydrogen (secondary N) is 1. The summed E-state index contributed by atoms with van der Waals surface area (Å²) in [5.74, 6) is 0.867. The summed E-state index contributed by atoms with van der Waals surface area (Å²) in [6.45, 7) is 7.73. The van der Waals surface area contributed by atoms with E-state index in [4.69, 9.17) is 0 Å². The van der Waals surface area contributed by atoms with Gasteiger partial charge in [0.15, 0.2) is 0 Å². The van der Waals surface area contributed by atoms with Gasteiger partial charge in [-0.05, 0) is 25.5 Å². The molecule has 3 heteroatoms. The number of aryl methyl sites for hydroxylation is 2. The van der Waals surface area contributed by atoms with Gasteiger partial charge in [-0.25, -0.2) is 0 Å². The number of hydrogen-bond acceptors (Lipinski definition) is 3. The second-order valence-electron chi connectivity index (χ2n) is 4.73. The summed E-state index contributed by atoms with van der Waals surface area (Å²) in [6.07, 6.45) is 2.01. The van der Waals surface area contributed by atoms with Crippen LogP contribution in [-0.4, -0.2) is 30.7 Å². The number of rotatable bonds is 1. The van der Waals surface area contributed by atoms with Gasteiger partial charge < -0.3 is 10.2 Å². The van der Waals surface area contributed by atoms with Crippen molar-refractivity contribution in [1.29, 1.82) is 0 Å². The molecule has 3 nitrogen and oxygen atoms in total. The van der Waals surface area contributed by atoms with E-state index in [0.29, 0.717) is 6.04 Å². The van der Waals surface area contributed by atoms with Crippen LogP contribution >= 0.6 is 0 Å². The molecule has 80 valence electrons. The number of nitrogens with zero attached hydrogens (tertiary/aromatic N) is 2. The Kier molecular flexibility index (Phi) is 1.96. The third-order valence-electron chi connectivity index (χ3n) is 3.79. The van der Waals surface area contributed by atoms with Gasteiger partial charge in [-0.3, -0.25) is 4.98 Å². The molecule has 1 N–H and O–H groups in total. The standard InChI is InChI=1S/C12H17N3/c1-8-3-11(5-14-9(8)2)15-7-10-4-13-6-12(10)15/h3,5,10,12-13H,4,6-7H2,1-2H3/t10-,12-/m0/s1. The highest BCUT2D eigenvalue weighted by Crippen LogP contribution is 2.33. The van der Waals surface area contributed by atoms with Crippen LogP contribution in [0.25, 0.3) is 0 Å². The molecule has 2 atom stereocenters. The van der Waals surface area contributed by atoms with Crippen molar-refractivity contribution in [3.8, 4) is 0 Å². The zero-order valence-corrected chi connectivity index (χ0v) is 9.33. The van der Waals surface area contributed by atoms with Crippen molar-refractivity contribution in [2.75, 3.05) is 24.5 Å². The lowest BCUT2D eigenvalue weighted by Crippen LogP contribution is -2.55. The van der Waals surface area contributed by atoms with E-state index >= 15 is 0 Å². The maximum Gasteiger partial charge on any atom is 0.0558 e. The molecule has 2 aliphatic rings. The van der Waals surface area contributed by atoms with Crippen LogP contribution in [0, 0.1) is 19.8 Å². The summed E-state index contributed by atoms with van der Waals surface area (Å²) in [4.78, 5) is 6.91. The fourth-order valence-electron chi connectivity index (χ4n) is 2.60. The van der Waals surface area contributed by atoms with Crippen molar-refractivity contribution in [2.45, 2.75) is 19.9 Å². The SMILES string of the molecule is Cc1cc(N2C[C@@H]3CNC[C@@H]32)cnc1C. The molecule has 0 amide bonds. The first-order valence-corrected chi connectivity index (χ1v) is 5.66. The van der Waals surface area contributed by atoms with Crippen molar-refractivity contribution in [3.63, 3.8) is 0 Å². The molecule has 3 heterocycles. The van der Waals surface area contributed by atoms with Gasteiger partial charge in [-0.15, -0.1) is 0 Å². The van der Waals surface area contributed by atoms with Crippen molar-refractivity contribution in [2.24, 2.45) is 5.92 Å². The minimum atomic E-state index is 0.717. The van der Waals surface area contributed by atoms with Crippen molar-refractivity contribution < 1.29 is 0 Å². The Labute approximate surface area is 90.5 Å². The number of hydrogen-bond donors (Lipinski definition) is 1. The summed E-state index contributed by atoms with van der Waals surface area (Å²) < 4.78 is 0. The summed E-state index contributed by atoms with van der Waals surface area (Å²) in [7, 11) is 0. The number of anilines is 1. The molecule has 2 fully saturated rings. The van der Waals surface area contributed by atoms with E-state index < -0.39 is 0 Å². The lowest BCUT2D eigenvalue weighted by atomic mass is 9.91. The molecule has 0 spiro atoms. The Balaban J connectivity index is 1.85. The molecule has 1 aromatic rings. The monoisotopic (exact) mass is 203 g/mol. The Hall–Kier alpha value is -1.09. The van der Waals surface area contributed by atoms with Gasteiger partial charge in [0.2, 0.25) is 0 Å². The van der Waals surface area contributed by atoms with Crippen LogP contribution in [0.2, 0.25) is 0 Å². The first-order chi connectivity index (χ1) is 7.25. The lowest BCUT2D eigenvalue weighted by molar-refractivity contribution is 0.365.